The summed E-state index contributed by atoms with van der Waals surface area (Å²) in [6, 6.07) is 0. The molecule has 1 fully saturated rings. The Hall–Kier alpha value is -2.31. The Balaban J connectivity index is 2.07. The predicted octanol–water partition coefficient (Wildman–Crippen LogP) is 1.92. The summed E-state index contributed by atoms with van der Waals surface area (Å²) in [5.41, 5.74) is 0.570. The molecular weight excluding hydrogens is 274 g/mol. The maximum absolute atomic E-state index is 11.8. The average molecular weight is 293 g/mol. The van der Waals surface area contributed by atoms with E-state index in [9.17, 15) is 9.59 Å². The van der Waals surface area contributed by atoms with E-state index in [4.69, 9.17) is 9.84 Å². The Labute approximate surface area is 122 Å². The molecule has 2 rings (SSSR count). The zero-order chi connectivity index (χ0) is 15.4. The van der Waals surface area contributed by atoms with Gasteiger partial charge in [-0.2, -0.15) is 0 Å². The SMILES string of the molecule is C=CCOC(=O)N1CCCC(c2nc(C(=O)O)c(C)[nH]2)C1. The Morgan fingerprint density at radius 2 is 2.38 bits per heavy atom. The van der Waals surface area contributed by atoms with Crippen molar-refractivity contribution in [3.8, 4) is 0 Å². The van der Waals surface area contributed by atoms with Gasteiger partial charge in [0.1, 0.15) is 12.4 Å². The van der Waals surface area contributed by atoms with Gasteiger partial charge in [-0.1, -0.05) is 12.7 Å². The molecule has 7 nitrogen and oxygen atoms in total. The van der Waals surface area contributed by atoms with Crippen LogP contribution in [0.3, 0.4) is 0 Å². The van der Waals surface area contributed by atoms with Gasteiger partial charge >= 0.3 is 12.1 Å². The number of rotatable bonds is 4. The van der Waals surface area contributed by atoms with Crippen LogP contribution in [0.1, 0.15) is 40.8 Å². The standard InChI is InChI=1S/C14H19N3O4/c1-3-7-21-14(20)17-6-4-5-10(8-17)12-15-9(2)11(16-12)13(18)19/h3,10H,1,4-8H2,2H3,(H,15,16)(H,18,19). The molecule has 1 unspecified atom stereocenters. The number of H-pyrrole nitrogens is 1. The molecule has 1 aromatic heterocycles. The fourth-order valence-electron chi connectivity index (χ4n) is 2.47. The van der Waals surface area contributed by atoms with Gasteiger partial charge in [0.15, 0.2) is 5.69 Å². The minimum Gasteiger partial charge on any atom is -0.476 e. The number of ether oxygens (including phenoxy) is 1. The summed E-state index contributed by atoms with van der Waals surface area (Å²) in [7, 11) is 0. The minimum absolute atomic E-state index is 0.00170. The number of carbonyl (C=O) groups excluding carboxylic acids is 1. The number of imidazole rings is 1. The molecule has 0 saturated carbocycles. The van der Waals surface area contributed by atoms with E-state index in [1.165, 1.54) is 6.08 Å². The first-order valence-corrected chi connectivity index (χ1v) is 6.85. The van der Waals surface area contributed by atoms with Gasteiger partial charge in [-0.15, -0.1) is 0 Å². The highest BCUT2D eigenvalue weighted by atomic mass is 16.6. The fourth-order valence-corrected chi connectivity index (χ4v) is 2.47. The lowest BCUT2D eigenvalue weighted by Crippen LogP contribution is -2.39. The van der Waals surface area contributed by atoms with Crippen molar-refractivity contribution in [1.29, 1.82) is 0 Å². The molecule has 0 spiro atoms. The number of carbonyl (C=O) groups is 2. The second kappa shape index (κ2) is 6.43. The third kappa shape index (κ3) is 3.42. The van der Waals surface area contributed by atoms with Gasteiger partial charge in [0.05, 0.1) is 0 Å². The number of aromatic carboxylic acids is 1. The Kier molecular flexibility index (Phi) is 4.62. The second-order valence-electron chi connectivity index (χ2n) is 5.05. The number of nitrogens with zero attached hydrogens (tertiary/aromatic N) is 2. The first-order chi connectivity index (χ1) is 10.0. The lowest BCUT2D eigenvalue weighted by molar-refractivity contribution is 0.0689. The number of hydrogen-bond donors (Lipinski definition) is 2. The van der Waals surface area contributed by atoms with Gasteiger partial charge in [0, 0.05) is 24.7 Å². The number of hydrogen-bond acceptors (Lipinski definition) is 4. The Morgan fingerprint density at radius 1 is 1.62 bits per heavy atom. The van der Waals surface area contributed by atoms with Gasteiger partial charge in [-0.25, -0.2) is 14.6 Å². The van der Waals surface area contributed by atoms with Crippen LogP contribution >= 0.6 is 0 Å². The highest BCUT2D eigenvalue weighted by Crippen LogP contribution is 2.26. The molecule has 1 amide bonds. The largest absolute Gasteiger partial charge is 0.476 e. The van der Waals surface area contributed by atoms with Crippen molar-refractivity contribution in [2.75, 3.05) is 19.7 Å². The Morgan fingerprint density at radius 3 is 3.00 bits per heavy atom. The van der Waals surface area contributed by atoms with Crippen molar-refractivity contribution in [2.45, 2.75) is 25.7 Å². The van der Waals surface area contributed by atoms with Crippen molar-refractivity contribution in [3.63, 3.8) is 0 Å². The first kappa shape index (κ1) is 15.1. The van der Waals surface area contributed by atoms with Crippen LogP contribution in [0.4, 0.5) is 4.79 Å². The van der Waals surface area contributed by atoms with E-state index in [1.807, 2.05) is 0 Å². The molecule has 1 aliphatic rings. The third-order valence-electron chi connectivity index (χ3n) is 3.50. The lowest BCUT2D eigenvalue weighted by atomic mass is 9.98. The third-order valence-corrected chi connectivity index (χ3v) is 3.50. The molecule has 0 radical (unpaired) electrons. The average Bonchev–Trinajstić information content (AvgIpc) is 2.87. The summed E-state index contributed by atoms with van der Waals surface area (Å²) in [6.45, 7) is 6.48. The number of carboxylic acids is 1. The molecule has 0 aromatic carbocycles. The molecule has 1 aromatic rings. The molecule has 7 heteroatoms. The van der Waals surface area contributed by atoms with Crippen LogP contribution < -0.4 is 0 Å². The quantitative estimate of drug-likeness (QED) is 0.827. The van der Waals surface area contributed by atoms with Crippen LogP contribution in [0.15, 0.2) is 12.7 Å². The topological polar surface area (TPSA) is 95.5 Å². The highest BCUT2D eigenvalue weighted by Gasteiger charge is 2.28. The van der Waals surface area contributed by atoms with E-state index >= 15 is 0 Å². The minimum atomic E-state index is -1.05. The summed E-state index contributed by atoms with van der Waals surface area (Å²) >= 11 is 0. The van der Waals surface area contributed by atoms with Gasteiger partial charge in [0.25, 0.3) is 0 Å². The van der Waals surface area contributed by atoms with Crippen molar-refractivity contribution >= 4 is 12.1 Å². The monoisotopic (exact) mass is 293 g/mol. The number of likely N-dealkylation sites (tertiary alicyclic amines) is 1. The molecule has 2 N–H and O–H groups in total. The van der Waals surface area contributed by atoms with Crippen molar-refractivity contribution in [1.82, 2.24) is 14.9 Å². The fraction of sp³-hybridized carbons (Fsp3) is 0.500. The number of carboxylic acid groups (broad SMARTS) is 1. The van der Waals surface area contributed by atoms with E-state index in [0.717, 1.165) is 12.8 Å². The summed E-state index contributed by atoms with van der Waals surface area (Å²) in [5.74, 6) is -0.430. The summed E-state index contributed by atoms with van der Waals surface area (Å²) in [6.07, 6.45) is 2.84. The van der Waals surface area contributed by atoms with Crippen molar-refractivity contribution < 1.29 is 19.4 Å². The summed E-state index contributed by atoms with van der Waals surface area (Å²) in [5, 5.41) is 9.04. The number of piperidine rings is 1. The predicted molar refractivity (Wildman–Crippen MR) is 75.4 cm³/mol. The molecular formula is C14H19N3O4. The molecule has 0 aliphatic carbocycles. The number of aromatic nitrogens is 2. The van der Waals surface area contributed by atoms with E-state index < -0.39 is 5.97 Å². The highest BCUT2D eigenvalue weighted by molar-refractivity contribution is 5.86. The number of nitrogens with one attached hydrogen (secondary N) is 1. The van der Waals surface area contributed by atoms with Gasteiger partial charge in [-0.3, -0.25) is 0 Å². The lowest BCUT2D eigenvalue weighted by Gasteiger charge is -2.30. The van der Waals surface area contributed by atoms with Crippen molar-refractivity contribution in [3.05, 3.63) is 29.9 Å². The van der Waals surface area contributed by atoms with Crippen LogP contribution in [-0.2, 0) is 4.74 Å². The molecule has 1 saturated heterocycles. The number of aryl methyl sites for hydroxylation is 1. The normalized spacial score (nSPS) is 18.3. The molecule has 21 heavy (non-hydrogen) atoms. The van der Waals surface area contributed by atoms with Gasteiger partial charge in [0.2, 0.25) is 0 Å². The van der Waals surface area contributed by atoms with Crippen LogP contribution in [0.2, 0.25) is 0 Å². The molecule has 114 valence electrons. The molecule has 1 atom stereocenters. The van der Waals surface area contributed by atoms with E-state index in [-0.39, 0.29) is 24.3 Å². The Bertz CT molecular complexity index is 552. The van der Waals surface area contributed by atoms with E-state index in [0.29, 0.717) is 24.6 Å². The smallest absolute Gasteiger partial charge is 0.410 e. The van der Waals surface area contributed by atoms with Crippen molar-refractivity contribution in [2.24, 2.45) is 0 Å². The zero-order valence-corrected chi connectivity index (χ0v) is 12.0. The summed E-state index contributed by atoms with van der Waals surface area (Å²) < 4.78 is 5.03. The molecule has 2 heterocycles. The zero-order valence-electron chi connectivity index (χ0n) is 12.0. The van der Waals surface area contributed by atoms with Crippen LogP contribution in [-0.4, -0.2) is 51.7 Å². The first-order valence-electron chi connectivity index (χ1n) is 6.85. The van der Waals surface area contributed by atoms with Crippen LogP contribution in [0.25, 0.3) is 0 Å². The number of amides is 1. The molecule has 0 bridgehead atoms. The molecule has 1 aliphatic heterocycles. The summed E-state index contributed by atoms with van der Waals surface area (Å²) in [4.78, 5) is 31.6. The van der Waals surface area contributed by atoms with E-state index in [2.05, 4.69) is 16.5 Å². The maximum atomic E-state index is 11.8. The van der Waals surface area contributed by atoms with Crippen LogP contribution in [0.5, 0.6) is 0 Å². The number of aromatic amines is 1. The van der Waals surface area contributed by atoms with Gasteiger partial charge in [-0.05, 0) is 19.8 Å². The van der Waals surface area contributed by atoms with Gasteiger partial charge < -0.3 is 19.7 Å². The van der Waals surface area contributed by atoms with Crippen LogP contribution in [0, 0.1) is 6.92 Å². The second-order valence-corrected chi connectivity index (χ2v) is 5.05. The maximum Gasteiger partial charge on any atom is 0.410 e. The van der Waals surface area contributed by atoms with E-state index in [1.54, 1.807) is 11.8 Å².